The summed E-state index contributed by atoms with van der Waals surface area (Å²) >= 11 is 1.60. The van der Waals surface area contributed by atoms with Gasteiger partial charge in [-0.3, -0.25) is 9.78 Å². The van der Waals surface area contributed by atoms with Crippen molar-refractivity contribution in [1.82, 2.24) is 4.98 Å². The van der Waals surface area contributed by atoms with Crippen molar-refractivity contribution in [1.29, 1.82) is 0 Å². The molecule has 6 nitrogen and oxygen atoms in total. The third-order valence-electron chi connectivity index (χ3n) is 6.50. The predicted octanol–water partition coefficient (Wildman–Crippen LogP) is 5.53. The molecule has 3 rings (SSSR count). The van der Waals surface area contributed by atoms with Crippen molar-refractivity contribution in [2.24, 2.45) is 0 Å². The van der Waals surface area contributed by atoms with Gasteiger partial charge in [0.15, 0.2) is 19.8 Å². The number of pyridine rings is 1. The standard InChI is InChI=1S/C26H33NO5SSi/c1-26(2,34(3,4)31)12-9-20-6-7-21(33-20)17-25(30)32-24(15-18-10-13-27-14-11-18)19-5-8-22(28)23(29)16-19/h5-8,10-11,13-14,16,24,28-29,31H,9,12,15,17H2,1-4H3. The van der Waals surface area contributed by atoms with Gasteiger partial charge in [0.05, 0.1) is 6.42 Å². The van der Waals surface area contributed by atoms with Crippen LogP contribution in [0.1, 0.15) is 47.3 Å². The maximum absolute atomic E-state index is 12.8. The van der Waals surface area contributed by atoms with E-state index >= 15 is 0 Å². The Balaban J connectivity index is 1.67. The number of carbonyl (C=O) groups excluding carboxylic acids is 1. The number of phenols is 2. The molecule has 34 heavy (non-hydrogen) atoms. The molecule has 2 heterocycles. The highest BCUT2D eigenvalue weighted by Crippen LogP contribution is 2.40. The van der Waals surface area contributed by atoms with E-state index in [1.54, 1.807) is 29.8 Å². The number of carbonyl (C=O) groups is 1. The summed E-state index contributed by atoms with van der Waals surface area (Å²) in [5.74, 6) is -0.836. The monoisotopic (exact) mass is 499 g/mol. The van der Waals surface area contributed by atoms with Crippen LogP contribution in [0.5, 0.6) is 11.5 Å². The number of aryl methyl sites for hydroxylation is 1. The smallest absolute Gasteiger partial charge is 0.311 e. The minimum Gasteiger partial charge on any atom is -0.504 e. The number of esters is 1. The maximum Gasteiger partial charge on any atom is 0.311 e. The summed E-state index contributed by atoms with van der Waals surface area (Å²) in [7, 11) is -2.26. The molecule has 3 N–H and O–H groups in total. The van der Waals surface area contributed by atoms with E-state index in [1.165, 1.54) is 17.0 Å². The van der Waals surface area contributed by atoms with Gasteiger partial charge in [-0.25, -0.2) is 0 Å². The van der Waals surface area contributed by atoms with Crippen molar-refractivity contribution in [2.75, 3.05) is 0 Å². The van der Waals surface area contributed by atoms with Crippen LogP contribution in [-0.2, 0) is 28.8 Å². The first kappa shape index (κ1) is 25.9. The zero-order chi connectivity index (χ0) is 24.9. The topological polar surface area (TPSA) is 99.9 Å². The number of rotatable bonds is 10. The largest absolute Gasteiger partial charge is 0.504 e. The molecule has 0 radical (unpaired) electrons. The van der Waals surface area contributed by atoms with Crippen molar-refractivity contribution in [3.8, 4) is 11.5 Å². The number of phenolic OH excluding ortho intramolecular Hbond substituents is 2. The van der Waals surface area contributed by atoms with E-state index in [2.05, 4.69) is 18.8 Å². The lowest BCUT2D eigenvalue weighted by atomic mass is 10.0. The Morgan fingerprint density at radius 1 is 1.06 bits per heavy atom. The average molecular weight is 500 g/mol. The van der Waals surface area contributed by atoms with Crippen LogP contribution in [0.2, 0.25) is 18.1 Å². The SMILES string of the molecule is CC(C)(CCc1ccc(CC(=O)OC(Cc2ccncc2)c2ccc(O)c(O)c2)s1)[Si](C)(C)O. The third kappa shape index (κ3) is 6.91. The summed E-state index contributed by atoms with van der Waals surface area (Å²) in [5, 5.41) is 19.5. The van der Waals surface area contributed by atoms with Crippen molar-refractivity contribution in [3.63, 3.8) is 0 Å². The van der Waals surface area contributed by atoms with Crippen LogP contribution in [0.15, 0.2) is 54.9 Å². The van der Waals surface area contributed by atoms with Gasteiger partial charge in [-0.05, 0) is 78.5 Å². The number of thiophene rings is 1. The number of aromatic nitrogens is 1. The minimum absolute atomic E-state index is 0.0913. The summed E-state index contributed by atoms with van der Waals surface area (Å²) in [6, 6.07) is 12.2. The summed E-state index contributed by atoms with van der Waals surface area (Å²) in [4.78, 5) is 29.5. The summed E-state index contributed by atoms with van der Waals surface area (Å²) in [6.45, 7) is 8.18. The highest BCUT2D eigenvalue weighted by Gasteiger charge is 2.37. The van der Waals surface area contributed by atoms with Gasteiger partial charge in [-0.2, -0.15) is 0 Å². The highest BCUT2D eigenvalue weighted by molar-refractivity contribution is 7.12. The van der Waals surface area contributed by atoms with Gasteiger partial charge in [0.2, 0.25) is 0 Å². The minimum atomic E-state index is -2.26. The number of hydrogen-bond donors (Lipinski definition) is 3. The van der Waals surface area contributed by atoms with E-state index in [-0.39, 0.29) is 28.9 Å². The Morgan fingerprint density at radius 2 is 1.74 bits per heavy atom. The summed E-state index contributed by atoms with van der Waals surface area (Å²) in [6.07, 6.45) is 5.08. The Hall–Kier alpha value is -2.68. The van der Waals surface area contributed by atoms with Crippen LogP contribution in [0, 0.1) is 0 Å². The predicted molar refractivity (Wildman–Crippen MR) is 137 cm³/mol. The molecule has 0 amide bonds. The van der Waals surface area contributed by atoms with Gasteiger partial charge in [0.1, 0.15) is 6.10 Å². The van der Waals surface area contributed by atoms with Gasteiger partial charge < -0.3 is 19.7 Å². The second kappa shape index (κ2) is 10.7. The van der Waals surface area contributed by atoms with E-state index in [1.807, 2.05) is 37.4 Å². The molecule has 1 aromatic carbocycles. The molecule has 0 aliphatic carbocycles. The number of benzene rings is 1. The molecule has 0 saturated carbocycles. The van der Waals surface area contributed by atoms with Crippen molar-refractivity contribution >= 4 is 25.6 Å². The number of ether oxygens (including phenoxy) is 1. The summed E-state index contributed by atoms with van der Waals surface area (Å²) in [5.41, 5.74) is 1.54. The van der Waals surface area contributed by atoms with Crippen LogP contribution in [0.3, 0.4) is 0 Å². The molecule has 2 aromatic heterocycles. The third-order valence-corrected chi connectivity index (χ3v) is 11.2. The lowest BCUT2D eigenvalue weighted by molar-refractivity contribution is -0.148. The fourth-order valence-electron chi connectivity index (χ4n) is 3.44. The van der Waals surface area contributed by atoms with E-state index in [9.17, 15) is 19.8 Å². The molecule has 1 unspecified atom stereocenters. The van der Waals surface area contributed by atoms with Crippen LogP contribution >= 0.6 is 11.3 Å². The molecular weight excluding hydrogens is 466 g/mol. The Morgan fingerprint density at radius 3 is 2.38 bits per heavy atom. The number of hydrogen-bond acceptors (Lipinski definition) is 7. The number of aromatic hydroxyl groups is 2. The lowest BCUT2D eigenvalue weighted by Crippen LogP contribution is -2.39. The highest BCUT2D eigenvalue weighted by atomic mass is 32.1. The number of nitrogens with zero attached hydrogens (tertiary/aromatic N) is 1. The second-order valence-corrected chi connectivity index (χ2v) is 15.5. The zero-order valence-corrected chi connectivity index (χ0v) is 21.9. The Kier molecular flexibility index (Phi) is 8.17. The van der Waals surface area contributed by atoms with Crippen LogP contribution in [0.4, 0.5) is 0 Å². The first-order chi connectivity index (χ1) is 15.9. The van der Waals surface area contributed by atoms with Crippen LogP contribution in [-0.4, -0.2) is 34.3 Å². The van der Waals surface area contributed by atoms with Crippen molar-refractivity contribution in [3.05, 3.63) is 75.7 Å². The van der Waals surface area contributed by atoms with Crippen molar-refractivity contribution < 1.29 is 24.5 Å². The van der Waals surface area contributed by atoms with Gasteiger partial charge in [-0.1, -0.05) is 19.9 Å². The molecular formula is C26H33NO5SSi. The van der Waals surface area contributed by atoms with E-state index in [4.69, 9.17) is 4.74 Å². The average Bonchev–Trinajstić information content (AvgIpc) is 3.21. The molecule has 0 aliphatic rings. The van der Waals surface area contributed by atoms with Gasteiger partial charge in [0, 0.05) is 28.6 Å². The second-order valence-electron chi connectivity index (χ2n) is 9.77. The van der Waals surface area contributed by atoms with Gasteiger partial charge >= 0.3 is 5.97 Å². The van der Waals surface area contributed by atoms with Crippen molar-refractivity contribution in [2.45, 2.75) is 63.8 Å². The van der Waals surface area contributed by atoms with Gasteiger partial charge in [-0.15, -0.1) is 11.3 Å². The fourth-order valence-corrected chi connectivity index (χ4v) is 5.18. The van der Waals surface area contributed by atoms with Crippen LogP contribution in [0.25, 0.3) is 0 Å². The Bertz CT molecular complexity index is 1110. The molecule has 0 bridgehead atoms. The molecule has 0 spiro atoms. The van der Waals surface area contributed by atoms with E-state index < -0.39 is 14.4 Å². The molecule has 0 fully saturated rings. The Labute approximate surface area is 206 Å². The van der Waals surface area contributed by atoms with E-state index in [0.29, 0.717) is 12.0 Å². The molecule has 8 heteroatoms. The van der Waals surface area contributed by atoms with Crippen LogP contribution < -0.4 is 0 Å². The zero-order valence-electron chi connectivity index (χ0n) is 20.1. The summed E-state index contributed by atoms with van der Waals surface area (Å²) < 4.78 is 5.83. The van der Waals surface area contributed by atoms with E-state index in [0.717, 1.165) is 23.3 Å². The molecule has 1 atom stereocenters. The normalized spacial score (nSPS) is 13.0. The quantitative estimate of drug-likeness (QED) is 0.193. The first-order valence-corrected chi connectivity index (χ1v) is 15.1. The molecule has 3 aromatic rings. The fraction of sp³-hybridized carbons (Fsp3) is 0.385. The molecule has 0 aliphatic heterocycles. The molecule has 0 saturated heterocycles. The molecule has 182 valence electrons. The van der Waals surface area contributed by atoms with Gasteiger partial charge in [0.25, 0.3) is 0 Å². The maximum atomic E-state index is 12.8. The first-order valence-electron chi connectivity index (χ1n) is 11.3. The lowest BCUT2D eigenvalue weighted by Gasteiger charge is -2.34.